The summed E-state index contributed by atoms with van der Waals surface area (Å²) in [6, 6.07) is 29.6. The average Bonchev–Trinajstić information content (AvgIpc) is 3.26. The zero-order chi connectivity index (χ0) is 22.9. The van der Waals surface area contributed by atoms with Crippen molar-refractivity contribution in [3.8, 4) is 17.5 Å². The van der Waals surface area contributed by atoms with Gasteiger partial charge in [-0.25, -0.2) is 0 Å². The maximum Gasteiger partial charge on any atom is 0.195 e. The standard InChI is InChI=1S/C26H24N4O2S/c27-16-15-20-11-13-24(14-12-20)32-18-23(31)19-33-26-29-28-25(17-21-7-3-1-4-8-21)30(26)22-9-5-2-6-10-22/h1-14,23,31H,15,17-19H2/t23-/m1/s1. The van der Waals surface area contributed by atoms with Gasteiger partial charge in [0.2, 0.25) is 0 Å². The highest BCUT2D eigenvalue weighted by Crippen LogP contribution is 2.24. The van der Waals surface area contributed by atoms with E-state index in [1.54, 1.807) is 0 Å². The molecule has 0 bridgehead atoms. The fourth-order valence-corrected chi connectivity index (χ4v) is 4.21. The van der Waals surface area contributed by atoms with Crippen molar-refractivity contribution in [2.24, 2.45) is 0 Å². The molecule has 0 unspecified atom stereocenters. The topological polar surface area (TPSA) is 84.0 Å². The molecule has 0 fully saturated rings. The molecule has 6 nitrogen and oxygen atoms in total. The van der Waals surface area contributed by atoms with E-state index in [0.29, 0.717) is 24.3 Å². The summed E-state index contributed by atoms with van der Waals surface area (Å²) < 4.78 is 7.74. The number of aromatic nitrogens is 3. The molecule has 33 heavy (non-hydrogen) atoms. The highest BCUT2D eigenvalue weighted by atomic mass is 32.2. The molecule has 0 saturated heterocycles. The van der Waals surface area contributed by atoms with Crippen LogP contribution < -0.4 is 4.74 Å². The predicted octanol–water partition coefficient (Wildman–Crippen LogP) is 4.46. The number of nitrogens with zero attached hydrogens (tertiary/aromatic N) is 4. The van der Waals surface area contributed by atoms with E-state index < -0.39 is 6.10 Å². The Morgan fingerprint density at radius 3 is 2.30 bits per heavy atom. The molecule has 3 aromatic carbocycles. The minimum atomic E-state index is -0.674. The molecule has 0 aliphatic heterocycles. The molecule has 166 valence electrons. The van der Waals surface area contributed by atoms with Crippen LogP contribution in [0.5, 0.6) is 5.75 Å². The highest BCUT2D eigenvalue weighted by molar-refractivity contribution is 7.99. The van der Waals surface area contributed by atoms with Gasteiger partial charge >= 0.3 is 0 Å². The van der Waals surface area contributed by atoms with Crippen LogP contribution in [-0.2, 0) is 12.8 Å². The van der Waals surface area contributed by atoms with E-state index in [4.69, 9.17) is 10.00 Å². The van der Waals surface area contributed by atoms with E-state index in [0.717, 1.165) is 27.8 Å². The molecule has 7 heteroatoms. The zero-order valence-corrected chi connectivity index (χ0v) is 18.9. The SMILES string of the molecule is N#CCc1ccc(OC[C@@H](O)CSc2nnc(Cc3ccccc3)n2-c2ccccc2)cc1. The summed E-state index contributed by atoms with van der Waals surface area (Å²) in [6.07, 6.45) is 0.359. The van der Waals surface area contributed by atoms with Gasteiger partial charge in [0.1, 0.15) is 18.2 Å². The van der Waals surface area contributed by atoms with E-state index >= 15 is 0 Å². The quantitative estimate of drug-likeness (QED) is 0.355. The van der Waals surface area contributed by atoms with Gasteiger partial charge in [-0.05, 0) is 35.4 Å². The van der Waals surface area contributed by atoms with E-state index in [1.807, 2.05) is 77.4 Å². The van der Waals surface area contributed by atoms with Crippen LogP contribution in [0.1, 0.15) is 17.0 Å². The number of benzene rings is 3. The van der Waals surface area contributed by atoms with Crippen molar-refractivity contribution in [3.05, 3.63) is 102 Å². The van der Waals surface area contributed by atoms with Crippen LogP contribution >= 0.6 is 11.8 Å². The van der Waals surface area contributed by atoms with Crippen molar-refractivity contribution < 1.29 is 9.84 Å². The van der Waals surface area contributed by atoms with E-state index in [1.165, 1.54) is 11.8 Å². The number of hydrogen-bond donors (Lipinski definition) is 1. The van der Waals surface area contributed by atoms with Gasteiger partial charge in [-0.2, -0.15) is 5.26 Å². The van der Waals surface area contributed by atoms with Crippen LogP contribution in [-0.4, -0.2) is 38.3 Å². The summed E-state index contributed by atoms with van der Waals surface area (Å²) in [4.78, 5) is 0. The maximum absolute atomic E-state index is 10.5. The first-order chi connectivity index (χ1) is 16.2. The van der Waals surface area contributed by atoms with Crippen LogP contribution in [0.25, 0.3) is 5.69 Å². The zero-order valence-electron chi connectivity index (χ0n) is 18.0. The van der Waals surface area contributed by atoms with Gasteiger partial charge in [0.25, 0.3) is 0 Å². The van der Waals surface area contributed by atoms with Crippen LogP contribution in [0.3, 0.4) is 0 Å². The van der Waals surface area contributed by atoms with Crippen molar-refractivity contribution in [2.75, 3.05) is 12.4 Å². The second-order valence-corrected chi connectivity index (χ2v) is 8.47. The summed E-state index contributed by atoms with van der Waals surface area (Å²) in [7, 11) is 0. The molecular weight excluding hydrogens is 432 g/mol. The molecular formula is C26H24N4O2S. The first-order valence-electron chi connectivity index (χ1n) is 10.7. The van der Waals surface area contributed by atoms with Crippen LogP contribution in [0.15, 0.2) is 90.1 Å². The first kappa shape index (κ1) is 22.6. The molecule has 4 aromatic rings. The third kappa shape index (κ3) is 6.22. The number of hydrogen-bond acceptors (Lipinski definition) is 6. The lowest BCUT2D eigenvalue weighted by Crippen LogP contribution is -2.20. The number of thioether (sulfide) groups is 1. The van der Waals surface area contributed by atoms with Crippen molar-refractivity contribution in [1.29, 1.82) is 5.26 Å². The van der Waals surface area contributed by atoms with Crippen molar-refractivity contribution in [2.45, 2.75) is 24.1 Å². The summed E-state index contributed by atoms with van der Waals surface area (Å²) >= 11 is 1.45. The Bertz CT molecular complexity index is 1190. The van der Waals surface area contributed by atoms with Gasteiger partial charge in [0.15, 0.2) is 5.16 Å². The Labute approximate surface area is 197 Å². The molecule has 1 aromatic heterocycles. The fourth-order valence-electron chi connectivity index (χ4n) is 3.33. The molecule has 0 radical (unpaired) electrons. The average molecular weight is 457 g/mol. The number of ether oxygens (including phenoxy) is 1. The number of aliphatic hydroxyl groups excluding tert-OH is 1. The second kappa shape index (κ2) is 11.3. The van der Waals surface area contributed by atoms with E-state index in [2.05, 4.69) is 28.4 Å². The summed E-state index contributed by atoms with van der Waals surface area (Å²) in [5, 5.41) is 28.8. The van der Waals surface area contributed by atoms with E-state index in [9.17, 15) is 5.11 Å². The van der Waals surface area contributed by atoms with Crippen LogP contribution in [0.4, 0.5) is 0 Å². The lowest BCUT2D eigenvalue weighted by atomic mass is 10.1. The molecule has 0 spiro atoms. The van der Waals surface area contributed by atoms with Crippen LogP contribution in [0, 0.1) is 11.3 Å². The van der Waals surface area contributed by atoms with Gasteiger partial charge in [-0.1, -0.05) is 72.4 Å². The van der Waals surface area contributed by atoms with E-state index in [-0.39, 0.29) is 6.61 Å². The Morgan fingerprint density at radius 2 is 1.61 bits per heavy atom. The minimum Gasteiger partial charge on any atom is -0.491 e. The van der Waals surface area contributed by atoms with Crippen LogP contribution in [0.2, 0.25) is 0 Å². The van der Waals surface area contributed by atoms with Gasteiger partial charge in [0, 0.05) is 17.9 Å². The lowest BCUT2D eigenvalue weighted by molar-refractivity contribution is 0.126. The normalized spacial score (nSPS) is 11.6. The minimum absolute atomic E-state index is 0.168. The van der Waals surface area contributed by atoms with Gasteiger partial charge in [-0.15, -0.1) is 10.2 Å². The molecule has 0 aliphatic carbocycles. The molecule has 4 rings (SSSR count). The van der Waals surface area contributed by atoms with Gasteiger partial charge in [-0.3, -0.25) is 4.57 Å². The Morgan fingerprint density at radius 1 is 0.909 bits per heavy atom. The van der Waals surface area contributed by atoms with Crippen molar-refractivity contribution >= 4 is 11.8 Å². The third-order valence-corrected chi connectivity index (χ3v) is 6.05. The van der Waals surface area contributed by atoms with Crippen molar-refractivity contribution in [3.63, 3.8) is 0 Å². The number of para-hydroxylation sites is 1. The van der Waals surface area contributed by atoms with Gasteiger partial charge in [0.05, 0.1) is 18.6 Å². The highest BCUT2D eigenvalue weighted by Gasteiger charge is 2.17. The number of rotatable bonds is 10. The molecule has 0 amide bonds. The largest absolute Gasteiger partial charge is 0.491 e. The maximum atomic E-state index is 10.5. The lowest BCUT2D eigenvalue weighted by Gasteiger charge is -2.13. The summed E-state index contributed by atoms with van der Waals surface area (Å²) in [5.41, 5.74) is 3.08. The summed E-state index contributed by atoms with van der Waals surface area (Å²) in [6.45, 7) is 0.168. The second-order valence-electron chi connectivity index (χ2n) is 7.49. The monoisotopic (exact) mass is 456 g/mol. The predicted molar refractivity (Wildman–Crippen MR) is 129 cm³/mol. The Balaban J connectivity index is 1.41. The Kier molecular flexibility index (Phi) is 7.75. The molecule has 1 heterocycles. The summed E-state index contributed by atoms with van der Waals surface area (Å²) in [5.74, 6) is 1.93. The molecule has 1 N–H and O–H groups in total. The number of nitriles is 1. The first-order valence-corrected chi connectivity index (χ1v) is 11.6. The number of aliphatic hydroxyl groups is 1. The molecule has 0 aliphatic rings. The Hall–Kier alpha value is -3.60. The molecule has 0 saturated carbocycles. The molecule has 1 atom stereocenters. The van der Waals surface area contributed by atoms with Crippen molar-refractivity contribution in [1.82, 2.24) is 14.8 Å². The smallest absolute Gasteiger partial charge is 0.195 e. The van der Waals surface area contributed by atoms with Gasteiger partial charge < -0.3 is 9.84 Å². The third-order valence-electron chi connectivity index (χ3n) is 4.97. The fraction of sp³-hybridized carbons (Fsp3) is 0.192.